The fraction of sp³-hybridized carbons (Fsp3) is 0.375. The Morgan fingerprint density at radius 1 is 1.03 bits per heavy atom. The summed E-state index contributed by atoms with van der Waals surface area (Å²) in [6.07, 6.45) is 2.30. The summed E-state index contributed by atoms with van der Waals surface area (Å²) in [5.74, 6) is -0.782. The molecule has 2 aliphatic heterocycles. The van der Waals surface area contributed by atoms with Crippen LogP contribution in [0.3, 0.4) is 0 Å². The Hall–Kier alpha value is -3.06. The van der Waals surface area contributed by atoms with Crippen molar-refractivity contribution in [3.63, 3.8) is 0 Å². The monoisotopic (exact) mass is 454 g/mol. The Morgan fingerprint density at radius 3 is 2.44 bits per heavy atom. The highest BCUT2D eigenvalue weighted by Crippen LogP contribution is 2.31. The van der Waals surface area contributed by atoms with Crippen molar-refractivity contribution in [2.24, 2.45) is 0 Å². The molecule has 0 spiro atoms. The minimum atomic E-state index is -0.329. The molecule has 0 bridgehead atoms. The van der Waals surface area contributed by atoms with Crippen molar-refractivity contribution in [1.82, 2.24) is 9.80 Å². The molecular weight excluding hydrogens is 428 g/mol. The third-order valence-electron chi connectivity index (χ3n) is 6.01. The van der Waals surface area contributed by atoms with Gasteiger partial charge in [0.15, 0.2) is 0 Å². The lowest BCUT2D eigenvalue weighted by atomic mass is 10.1. The third-order valence-corrected chi connectivity index (χ3v) is 6.33. The predicted octanol–water partition coefficient (Wildman–Crippen LogP) is 3.02. The van der Waals surface area contributed by atoms with E-state index in [1.807, 2.05) is 36.4 Å². The predicted molar refractivity (Wildman–Crippen MR) is 125 cm³/mol. The highest BCUT2D eigenvalue weighted by atomic mass is 35.5. The number of carbonyl (C=O) groups excluding carboxylic acids is 3. The van der Waals surface area contributed by atoms with Gasteiger partial charge in [-0.3, -0.25) is 19.3 Å². The molecule has 0 atom stereocenters. The summed E-state index contributed by atoms with van der Waals surface area (Å²) in [4.78, 5) is 45.5. The van der Waals surface area contributed by atoms with Crippen LogP contribution in [0.15, 0.2) is 42.5 Å². The number of nitrogens with zero attached hydrogens (tertiary/aromatic N) is 4. The first-order valence-electron chi connectivity index (χ1n) is 10.8. The van der Waals surface area contributed by atoms with Crippen molar-refractivity contribution >= 4 is 40.7 Å². The van der Waals surface area contributed by atoms with Crippen LogP contribution in [0.4, 0.5) is 11.4 Å². The van der Waals surface area contributed by atoms with E-state index in [2.05, 4.69) is 4.90 Å². The Bertz CT molecular complexity index is 1050. The number of halogens is 1. The van der Waals surface area contributed by atoms with Crippen molar-refractivity contribution in [1.29, 1.82) is 0 Å². The van der Waals surface area contributed by atoms with Gasteiger partial charge in [0, 0.05) is 45.1 Å². The van der Waals surface area contributed by atoms with Crippen molar-refractivity contribution in [2.75, 3.05) is 50.1 Å². The van der Waals surface area contributed by atoms with Gasteiger partial charge in [0.1, 0.15) is 13.1 Å². The van der Waals surface area contributed by atoms with Gasteiger partial charge in [-0.1, -0.05) is 29.8 Å². The number of fused-ring (bicyclic) bond motifs is 1. The summed E-state index contributed by atoms with van der Waals surface area (Å²) in [6.45, 7) is 2.05. The van der Waals surface area contributed by atoms with E-state index in [9.17, 15) is 14.4 Å². The van der Waals surface area contributed by atoms with Gasteiger partial charge >= 0.3 is 0 Å². The number of para-hydroxylation sites is 1. The number of hydrogen-bond donors (Lipinski definition) is 0. The van der Waals surface area contributed by atoms with Gasteiger partial charge in [-0.2, -0.15) is 0 Å². The summed E-state index contributed by atoms with van der Waals surface area (Å²) in [7, 11) is 3.31. The largest absolute Gasteiger partial charge is 0.371 e. The summed E-state index contributed by atoms with van der Waals surface area (Å²) in [5, 5.41) is 0.369. The van der Waals surface area contributed by atoms with Crippen molar-refractivity contribution in [2.45, 2.75) is 19.4 Å². The lowest BCUT2D eigenvalue weighted by molar-refractivity contribution is -0.138. The number of likely N-dealkylation sites (N-methyl/N-ethyl adjacent to an activating group) is 1. The molecule has 2 aromatic rings. The van der Waals surface area contributed by atoms with Crippen molar-refractivity contribution in [3.05, 3.63) is 58.6 Å². The maximum absolute atomic E-state index is 13.5. The summed E-state index contributed by atoms with van der Waals surface area (Å²) in [5.41, 5.74) is 2.83. The maximum atomic E-state index is 13.5. The van der Waals surface area contributed by atoms with E-state index in [1.165, 1.54) is 14.7 Å². The highest BCUT2D eigenvalue weighted by molar-refractivity contribution is 6.35. The van der Waals surface area contributed by atoms with Crippen LogP contribution in [0.25, 0.3) is 0 Å². The van der Waals surface area contributed by atoms with Gasteiger partial charge in [0.05, 0.1) is 10.6 Å². The zero-order valence-corrected chi connectivity index (χ0v) is 19.1. The van der Waals surface area contributed by atoms with Crippen LogP contribution in [0.5, 0.6) is 0 Å². The molecule has 0 aromatic heterocycles. The first-order valence-corrected chi connectivity index (χ1v) is 11.1. The SMILES string of the molecule is CN(C)C(=O)CN1Cc2ccccc2N(C(=O)c2ccc(N3CCCC3)cc2Cl)CC1=O. The minimum Gasteiger partial charge on any atom is -0.371 e. The molecule has 2 aromatic carbocycles. The molecule has 3 amide bonds. The Balaban J connectivity index is 1.63. The summed E-state index contributed by atoms with van der Waals surface area (Å²) >= 11 is 6.54. The van der Waals surface area contributed by atoms with Crippen LogP contribution < -0.4 is 9.80 Å². The second-order valence-electron chi connectivity index (χ2n) is 8.42. The van der Waals surface area contributed by atoms with Gasteiger partial charge in [-0.15, -0.1) is 0 Å². The van der Waals surface area contributed by atoms with E-state index in [0.717, 1.165) is 37.2 Å². The molecule has 0 N–H and O–H groups in total. The fourth-order valence-electron chi connectivity index (χ4n) is 4.15. The van der Waals surface area contributed by atoms with Crippen LogP contribution in [0, 0.1) is 0 Å². The van der Waals surface area contributed by atoms with Crippen LogP contribution >= 0.6 is 11.6 Å². The number of hydrogen-bond acceptors (Lipinski definition) is 4. The number of amides is 3. The topological polar surface area (TPSA) is 64.2 Å². The Morgan fingerprint density at radius 2 is 1.75 bits per heavy atom. The van der Waals surface area contributed by atoms with Gasteiger partial charge in [-0.25, -0.2) is 0 Å². The van der Waals surface area contributed by atoms with Crippen LogP contribution in [-0.2, 0) is 16.1 Å². The average molecular weight is 455 g/mol. The first kappa shape index (κ1) is 22.1. The molecule has 2 heterocycles. The zero-order valence-electron chi connectivity index (χ0n) is 18.4. The van der Waals surface area contributed by atoms with Gasteiger partial charge in [0.2, 0.25) is 11.8 Å². The summed E-state index contributed by atoms with van der Waals surface area (Å²) in [6, 6.07) is 12.9. The Labute approximate surface area is 193 Å². The quantitative estimate of drug-likeness (QED) is 0.712. The fourth-order valence-corrected chi connectivity index (χ4v) is 4.40. The van der Waals surface area contributed by atoms with Gasteiger partial charge in [-0.05, 0) is 42.7 Å². The van der Waals surface area contributed by atoms with E-state index in [1.54, 1.807) is 20.2 Å². The molecule has 8 heteroatoms. The molecule has 0 aliphatic carbocycles. The second-order valence-corrected chi connectivity index (χ2v) is 8.82. The maximum Gasteiger partial charge on any atom is 0.260 e. The van der Waals surface area contributed by atoms with E-state index in [4.69, 9.17) is 11.6 Å². The van der Waals surface area contributed by atoms with E-state index < -0.39 is 0 Å². The smallest absolute Gasteiger partial charge is 0.260 e. The van der Waals surface area contributed by atoms with E-state index >= 15 is 0 Å². The number of anilines is 2. The normalized spacial score (nSPS) is 16.1. The summed E-state index contributed by atoms with van der Waals surface area (Å²) < 4.78 is 0. The second kappa shape index (κ2) is 9.20. The molecular formula is C24H27ClN4O3. The molecule has 0 unspecified atom stereocenters. The van der Waals surface area contributed by atoms with E-state index in [0.29, 0.717) is 16.3 Å². The van der Waals surface area contributed by atoms with Gasteiger partial charge in [0.25, 0.3) is 5.91 Å². The van der Waals surface area contributed by atoms with Crippen molar-refractivity contribution < 1.29 is 14.4 Å². The standard InChI is InChI=1S/C24H27ClN4O3/c1-26(2)22(30)15-28-14-17-7-3-4-8-21(17)29(16-23(28)31)24(32)19-10-9-18(13-20(19)25)27-11-5-6-12-27/h3-4,7-10,13H,5-6,11-12,14-16H2,1-2H3. The minimum absolute atomic E-state index is 0.0342. The molecule has 1 fully saturated rings. The van der Waals surface area contributed by atoms with Crippen LogP contribution in [0.2, 0.25) is 5.02 Å². The van der Waals surface area contributed by atoms with Crippen LogP contribution in [0.1, 0.15) is 28.8 Å². The lowest BCUT2D eigenvalue weighted by Gasteiger charge is -2.24. The molecule has 7 nitrogen and oxygen atoms in total. The Kier molecular flexibility index (Phi) is 6.37. The molecule has 0 radical (unpaired) electrons. The highest BCUT2D eigenvalue weighted by Gasteiger charge is 2.31. The molecule has 0 saturated carbocycles. The third kappa shape index (κ3) is 4.43. The van der Waals surface area contributed by atoms with E-state index in [-0.39, 0.29) is 37.4 Å². The van der Waals surface area contributed by atoms with Crippen LogP contribution in [-0.4, -0.2) is 67.8 Å². The molecule has 1 saturated heterocycles. The number of benzene rings is 2. The first-order chi connectivity index (χ1) is 15.3. The molecule has 2 aliphatic rings. The number of carbonyl (C=O) groups is 3. The molecule has 168 valence electrons. The average Bonchev–Trinajstić information content (AvgIpc) is 3.27. The zero-order chi connectivity index (χ0) is 22.8. The van der Waals surface area contributed by atoms with Gasteiger partial charge < -0.3 is 14.7 Å². The molecule has 4 rings (SSSR count). The van der Waals surface area contributed by atoms with Crippen molar-refractivity contribution in [3.8, 4) is 0 Å². The molecule has 32 heavy (non-hydrogen) atoms. The lowest BCUT2D eigenvalue weighted by Crippen LogP contribution is -2.44. The number of rotatable bonds is 4.